The average Bonchev–Trinajstić information content (AvgIpc) is 3.00. The van der Waals surface area contributed by atoms with Crippen molar-refractivity contribution in [3.63, 3.8) is 0 Å². The Kier molecular flexibility index (Phi) is 11.0. The summed E-state index contributed by atoms with van der Waals surface area (Å²) >= 11 is 0. The molecule has 0 bridgehead atoms. The largest absolute Gasteiger partial charge is 1.00 e. The second-order valence-electron chi connectivity index (χ2n) is 6.97. The fourth-order valence-electron chi connectivity index (χ4n) is 4.16. The van der Waals surface area contributed by atoms with Crippen LogP contribution in [0.15, 0.2) is 48.5 Å². The number of carbonyl (C=O) groups is 3. The number of benzene rings is 3. The standard InChI is InChI=1S/C22H12O9.4Na/c23-9-1-5-13-15(7-9)30-16-8-10(24)2-6-14(16)22(13)18-12(21(29)31-22)4-3-11(19(25)26)17(18)20(27)28;;;;/h1-8,23-24H,(H,25,26)(H,27,28);;;;/q;4*+1/p-4. The quantitative estimate of drug-likeness (QED) is 0.242. The fraction of sp³-hybridized carbons (Fsp3) is 0.0455. The van der Waals surface area contributed by atoms with Gasteiger partial charge in [0.05, 0.1) is 17.5 Å². The maximum atomic E-state index is 12.8. The molecule has 13 heteroatoms. The van der Waals surface area contributed by atoms with Crippen molar-refractivity contribution >= 4 is 17.9 Å². The van der Waals surface area contributed by atoms with Crippen LogP contribution in [0, 0.1) is 0 Å². The molecular formula is C22H8Na4O9. The van der Waals surface area contributed by atoms with E-state index in [-0.39, 0.29) is 152 Å². The molecule has 9 nitrogen and oxygen atoms in total. The van der Waals surface area contributed by atoms with Crippen molar-refractivity contribution in [1.29, 1.82) is 0 Å². The van der Waals surface area contributed by atoms with E-state index in [0.29, 0.717) is 0 Å². The number of hydrogen-bond acceptors (Lipinski definition) is 9. The van der Waals surface area contributed by atoms with Crippen LogP contribution in [-0.4, -0.2) is 17.9 Å². The Hall–Kier alpha value is -0.530. The molecule has 2 aliphatic rings. The first kappa shape index (κ1) is 32.5. The topological polar surface area (TPSA) is 162 Å². The summed E-state index contributed by atoms with van der Waals surface area (Å²) in [5.74, 6) is -5.66. The van der Waals surface area contributed by atoms with Crippen molar-refractivity contribution in [2.45, 2.75) is 5.60 Å². The minimum Gasteiger partial charge on any atom is -0.872 e. The minimum absolute atomic E-state index is 0. The Morgan fingerprint density at radius 3 is 1.71 bits per heavy atom. The van der Waals surface area contributed by atoms with Gasteiger partial charge in [0.1, 0.15) is 11.5 Å². The van der Waals surface area contributed by atoms with Gasteiger partial charge in [-0.2, -0.15) is 0 Å². The molecule has 2 aliphatic heterocycles. The predicted octanol–water partition coefficient (Wildman–Crippen LogP) is -12.9. The fourth-order valence-corrected chi connectivity index (χ4v) is 4.16. The molecule has 154 valence electrons. The van der Waals surface area contributed by atoms with E-state index in [1.807, 2.05) is 0 Å². The van der Waals surface area contributed by atoms with Gasteiger partial charge in [-0.3, -0.25) is 0 Å². The average molecular weight is 508 g/mol. The Morgan fingerprint density at radius 2 is 1.26 bits per heavy atom. The summed E-state index contributed by atoms with van der Waals surface area (Å²) in [6, 6.07) is 9.10. The molecule has 0 amide bonds. The number of esters is 1. The van der Waals surface area contributed by atoms with Gasteiger partial charge < -0.3 is 39.5 Å². The van der Waals surface area contributed by atoms with E-state index in [2.05, 4.69) is 0 Å². The number of hydrogen-bond donors (Lipinski definition) is 0. The third kappa shape index (κ3) is 4.99. The molecule has 0 fully saturated rings. The molecule has 5 rings (SSSR count). The molecule has 0 unspecified atom stereocenters. The molecular weight excluding hydrogens is 500 g/mol. The number of carbonyl (C=O) groups excluding carboxylic acids is 3. The van der Waals surface area contributed by atoms with Gasteiger partial charge in [-0.15, -0.1) is 11.5 Å². The normalized spacial score (nSPS) is 13.1. The summed E-state index contributed by atoms with van der Waals surface area (Å²) < 4.78 is 11.4. The molecule has 0 radical (unpaired) electrons. The van der Waals surface area contributed by atoms with E-state index >= 15 is 0 Å². The van der Waals surface area contributed by atoms with E-state index < -0.39 is 46.1 Å². The van der Waals surface area contributed by atoms with Crippen LogP contribution in [0.3, 0.4) is 0 Å². The number of rotatable bonds is 2. The van der Waals surface area contributed by atoms with Gasteiger partial charge in [-0.05, 0) is 18.2 Å². The van der Waals surface area contributed by atoms with Crippen LogP contribution in [-0.2, 0) is 10.3 Å². The van der Waals surface area contributed by atoms with Gasteiger partial charge in [-0.1, -0.05) is 30.3 Å². The summed E-state index contributed by atoms with van der Waals surface area (Å²) in [6.45, 7) is 0. The molecule has 0 N–H and O–H groups in total. The summed E-state index contributed by atoms with van der Waals surface area (Å²) in [4.78, 5) is 36.5. The van der Waals surface area contributed by atoms with E-state index in [9.17, 15) is 34.8 Å². The Morgan fingerprint density at radius 1 is 0.743 bits per heavy atom. The third-order valence-corrected chi connectivity index (χ3v) is 5.33. The molecule has 0 aromatic heterocycles. The van der Waals surface area contributed by atoms with Crippen molar-refractivity contribution in [1.82, 2.24) is 0 Å². The van der Waals surface area contributed by atoms with Crippen molar-refractivity contribution in [3.05, 3.63) is 81.9 Å². The van der Waals surface area contributed by atoms with Crippen molar-refractivity contribution in [3.8, 4) is 23.0 Å². The Bertz CT molecular complexity index is 1310. The summed E-state index contributed by atoms with van der Waals surface area (Å²) in [7, 11) is 0. The van der Waals surface area contributed by atoms with Gasteiger partial charge in [-0.25, -0.2) is 4.79 Å². The number of fused-ring (bicyclic) bond motifs is 6. The number of carboxylic acids is 2. The molecule has 1 spiro atoms. The number of aromatic carboxylic acids is 2. The van der Waals surface area contributed by atoms with Gasteiger partial charge in [0, 0.05) is 27.8 Å². The monoisotopic (exact) mass is 508 g/mol. The van der Waals surface area contributed by atoms with Crippen molar-refractivity contribution in [2.24, 2.45) is 0 Å². The zero-order chi connectivity index (χ0) is 22.1. The summed E-state index contributed by atoms with van der Waals surface area (Å²) in [5, 5.41) is 47.5. The van der Waals surface area contributed by atoms with E-state index in [0.717, 1.165) is 36.4 Å². The minimum atomic E-state index is -1.99. The van der Waals surface area contributed by atoms with Crippen LogP contribution in [0.2, 0.25) is 0 Å². The predicted molar refractivity (Wildman–Crippen MR) is 92.3 cm³/mol. The van der Waals surface area contributed by atoms with Crippen molar-refractivity contribution < 1.29 is 163 Å². The second kappa shape index (κ2) is 11.9. The maximum Gasteiger partial charge on any atom is 1.00 e. The Labute approximate surface area is 287 Å². The first-order chi connectivity index (χ1) is 14.7. The molecule has 0 saturated carbocycles. The maximum absolute atomic E-state index is 12.8. The van der Waals surface area contributed by atoms with E-state index in [4.69, 9.17) is 9.47 Å². The molecule has 0 aliphatic carbocycles. The smallest absolute Gasteiger partial charge is 0.872 e. The summed E-state index contributed by atoms with van der Waals surface area (Å²) in [6.07, 6.45) is 0. The zero-order valence-electron chi connectivity index (χ0n) is 19.3. The van der Waals surface area contributed by atoms with Gasteiger partial charge >= 0.3 is 124 Å². The molecule has 35 heavy (non-hydrogen) atoms. The van der Waals surface area contributed by atoms with Crippen molar-refractivity contribution in [2.75, 3.05) is 0 Å². The molecule has 0 saturated heterocycles. The van der Waals surface area contributed by atoms with Crippen LogP contribution in [0.4, 0.5) is 0 Å². The first-order valence-corrected chi connectivity index (χ1v) is 8.88. The SMILES string of the molecule is O=C([O-])c1ccc2c(c1C(=O)[O-])C1(OC2=O)c2ccc([O-])cc2Oc2cc([O-])ccc21.[Na+].[Na+].[Na+].[Na+]. The first-order valence-electron chi connectivity index (χ1n) is 8.88. The molecule has 0 atom stereocenters. The molecule has 2 heterocycles. The van der Waals surface area contributed by atoms with Gasteiger partial charge in [0.25, 0.3) is 0 Å². The number of carboxylic acid groups (broad SMARTS) is 2. The van der Waals surface area contributed by atoms with Crippen LogP contribution in [0.1, 0.15) is 47.8 Å². The molecule has 3 aromatic carbocycles. The second-order valence-corrected chi connectivity index (χ2v) is 6.97. The number of ether oxygens (including phenoxy) is 2. The molecule has 3 aromatic rings. The van der Waals surface area contributed by atoms with Gasteiger partial charge in [0.2, 0.25) is 0 Å². The third-order valence-electron chi connectivity index (χ3n) is 5.33. The van der Waals surface area contributed by atoms with Crippen LogP contribution in [0.25, 0.3) is 0 Å². The van der Waals surface area contributed by atoms with E-state index in [1.54, 1.807) is 0 Å². The Balaban J connectivity index is 0.00000153. The van der Waals surface area contributed by atoms with Gasteiger partial charge in [0.15, 0.2) is 5.60 Å². The van der Waals surface area contributed by atoms with Crippen LogP contribution in [0.5, 0.6) is 23.0 Å². The zero-order valence-corrected chi connectivity index (χ0v) is 27.3. The van der Waals surface area contributed by atoms with Crippen LogP contribution < -0.4 is 143 Å². The summed E-state index contributed by atoms with van der Waals surface area (Å²) in [5.41, 5.74) is -3.85. The van der Waals surface area contributed by atoms with E-state index in [1.165, 1.54) is 12.1 Å². The van der Waals surface area contributed by atoms with Crippen LogP contribution >= 0.6 is 0 Å².